The summed E-state index contributed by atoms with van der Waals surface area (Å²) in [4.78, 5) is 14.2. The molecule has 19 heavy (non-hydrogen) atoms. The lowest BCUT2D eigenvalue weighted by Crippen LogP contribution is -2.54. The van der Waals surface area contributed by atoms with Gasteiger partial charge in [0.1, 0.15) is 0 Å². The van der Waals surface area contributed by atoms with E-state index in [1.165, 1.54) is 11.1 Å². The number of rotatable bonds is 4. The molecule has 3 nitrogen and oxygen atoms in total. The Hall–Kier alpha value is -1.35. The maximum Gasteiger partial charge on any atom is 0.240 e. The van der Waals surface area contributed by atoms with Crippen molar-refractivity contribution in [3.63, 3.8) is 0 Å². The number of hydrogen-bond donors (Lipinski definition) is 1. The number of nitrogens with zero attached hydrogens (tertiary/aromatic N) is 1. The molecule has 104 valence electrons. The van der Waals surface area contributed by atoms with Gasteiger partial charge in [-0.05, 0) is 23.5 Å². The number of nitrogens with one attached hydrogen (secondary N) is 1. The van der Waals surface area contributed by atoms with Crippen LogP contribution in [0.25, 0.3) is 0 Å². The molecule has 1 aliphatic heterocycles. The van der Waals surface area contributed by atoms with E-state index < -0.39 is 0 Å². The van der Waals surface area contributed by atoms with Crippen LogP contribution in [0.15, 0.2) is 24.3 Å². The topological polar surface area (TPSA) is 32.3 Å². The van der Waals surface area contributed by atoms with E-state index in [1.807, 2.05) is 4.90 Å². The van der Waals surface area contributed by atoms with Crippen molar-refractivity contribution in [1.29, 1.82) is 0 Å². The highest BCUT2D eigenvalue weighted by Gasteiger charge is 2.26. The van der Waals surface area contributed by atoms with Gasteiger partial charge in [-0.25, -0.2) is 0 Å². The number of hydrogen-bond acceptors (Lipinski definition) is 2. The van der Waals surface area contributed by atoms with E-state index >= 15 is 0 Å². The molecule has 0 bridgehead atoms. The first kappa shape index (κ1) is 14.1. The summed E-state index contributed by atoms with van der Waals surface area (Å²) in [6.45, 7) is 8.88. The van der Waals surface area contributed by atoms with Gasteiger partial charge < -0.3 is 10.2 Å². The van der Waals surface area contributed by atoms with Gasteiger partial charge in [0.15, 0.2) is 0 Å². The highest BCUT2D eigenvalue weighted by molar-refractivity contribution is 5.82. The van der Waals surface area contributed by atoms with E-state index in [0.717, 1.165) is 26.1 Å². The van der Waals surface area contributed by atoms with Gasteiger partial charge in [0.2, 0.25) is 5.91 Å². The van der Waals surface area contributed by atoms with E-state index in [0.29, 0.717) is 5.92 Å². The molecule has 1 N–H and O–H groups in total. The summed E-state index contributed by atoms with van der Waals surface area (Å²) >= 11 is 0. The third kappa shape index (κ3) is 3.35. The SMILES string of the molecule is CCC1NCCN(Cc2ccc(C(C)C)cc2)C1=O. The first-order valence-electron chi connectivity index (χ1n) is 7.22. The van der Waals surface area contributed by atoms with Crippen LogP contribution in [-0.4, -0.2) is 29.9 Å². The Morgan fingerprint density at radius 2 is 2.00 bits per heavy atom. The zero-order chi connectivity index (χ0) is 13.8. The standard InChI is InChI=1S/C16H24N2O/c1-4-15-16(19)18(10-9-17-15)11-13-5-7-14(8-6-13)12(2)3/h5-8,12,15,17H,4,9-11H2,1-3H3. The summed E-state index contributed by atoms with van der Waals surface area (Å²) in [6.07, 6.45) is 0.863. The number of benzene rings is 1. The van der Waals surface area contributed by atoms with Gasteiger partial charge in [0.05, 0.1) is 6.04 Å². The van der Waals surface area contributed by atoms with Gasteiger partial charge >= 0.3 is 0 Å². The minimum atomic E-state index is 0.00341. The lowest BCUT2D eigenvalue weighted by atomic mass is 10.0. The predicted octanol–water partition coefficient (Wildman–Crippen LogP) is 2.52. The van der Waals surface area contributed by atoms with Gasteiger partial charge in [-0.2, -0.15) is 0 Å². The molecular formula is C16H24N2O. The molecule has 3 heteroatoms. The van der Waals surface area contributed by atoms with Crippen molar-refractivity contribution in [3.8, 4) is 0 Å². The van der Waals surface area contributed by atoms with E-state index in [4.69, 9.17) is 0 Å². The van der Waals surface area contributed by atoms with Crippen molar-refractivity contribution in [2.24, 2.45) is 0 Å². The second-order valence-electron chi connectivity index (χ2n) is 5.57. The summed E-state index contributed by atoms with van der Waals surface area (Å²) in [5.41, 5.74) is 2.57. The highest BCUT2D eigenvalue weighted by atomic mass is 16.2. The Morgan fingerprint density at radius 1 is 1.32 bits per heavy atom. The molecule has 1 atom stereocenters. The monoisotopic (exact) mass is 260 g/mol. The van der Waals surface area contributed by atoms with Crippen LogP contribution in [0.5, 0.6) is 0 Å². The van der Waals surface area contributed by atoms with Crippen LogP contribution in [0.1, 0.15) is 44.2 Å². The summed E-state index contributed by atoms with van der Waals surface area (Å²) in [5, 5.41) is 3.27. The number of amides is 1. The van der Waals surface area contributed by atoms with Crippen LogP contribution in [-0.2, 0) is 11.3 Å². The number of piperazine rings is 1. The zero-order valence-electron chi connectivity index (χ0n) is 12.1. The van der Waals surface area contributed by atoms with Crippen LogP contribution in [0, 0.1) is 0 Å². The summed E-state index contributed by atoms with van der Waals surface area (Å²) < 4.78 is 0. The minimum Gasteiger partial charge on any atom is -0.336 e. The fourth-order valence-electron chi connectivity index (χ4n) is 2.50. The second kappa shape index (κ2) is 6.20. The smallest absolute Gasteiger partial charge is 0.240 e. The van der Waals surface area contributed by atoms with Crippen LogP contribution in [0.2, 0.25) is 0 Å². The zero-order valence-corrected chi connectivity index (χ0v) is 12.1. The largest absolute Gasteiger partial charge is 0.336 e. The number of carbonyl (C=O) groups is 1. The molecule has 0 aromatic heterocycles. The van der Waals surface area contributed by atoms with Crippen molar-refractivity contribution >= 4 is 5.91 Å². The molecule has 1 aliphatic rings. The highest BCUT2D eigenvalue weighted by Crippen LogP contribution is 2.16. The summed E-state index contributed by atoms with van der Waals surface area (Å²) in [5.74, 6) is 0.793. The van der Waals surface area contributed by atoms with Crippen molar-refractivity contribution in [2.75, 3.05) is 13.1 Å². The van der Waals surface area contributed by atoms with Crippen LogP contribution in [0.4, 0.5) is 0 Å². The maximum absolute atomic E-state index is 12.2. The first-order chi connectivity index (χ1) is 9.11. The first-order valence-corrected chi connectivity index (χ1v) is 7.22. The molecule has 0 radical (unpaired) electrons. The van der Waals surface area contributed by atoms with E-state index in [1.54, 1.807) is 0 Å². The molecule has 1 saturated heterocycles. The van der Waals surface area contributed by atoms with Gasteiger partial charge in [-0.3, -0.25) is 4.79 Å². The van der Waals surface area contributed by atoms with Gasteiger partial charge in [0, 0.05) is 19.6 Å². The second-order valence-corrected chi connectivity index (χ2v) is 5.57. The Balaban J connectivity index is 2.02. The molecule has 2 rings (SSSR count). The minimum absolute atomic E-state index is 0.00341. The summed E-state index contributed by atoms with van der Waals surface area (Å²) in [6, 6.07) is 8.63. The van der Waals surface area contributed by atoms with Crippen LogP contribution < -0.4 is 5.32 Å². The third-order valence-electron chi connectivity index (χ3n) is 3.81. The van der Waals surface area contributed by atoms with Gasteiger partial charge in [-0.15, -0.1) is 0 Å². The lowest BCUT2D eigenvalue weighted by molar-refractivity contribution is -0.136. The Bertz CT molecular complexity index is 425. The molecular weight excluding hydrogens is 236 g/mol. The molecule has 1 aromatic rings. The van der Waals surface area contributed by atoms with E-state index in [9.17, 15) is 4.79 Å². The number of carbonyl (C=O) groups excluding carboxylic acids is 1. The van der Waals surface area contributed by atoms with E-state index in [2.05, 4.69) is 50.4 Å². The molecule has 0 spiro atoms. The Morgan fingerprint density at radius 3 is 2.58 bits per heavy atom. The molecule has 1 unspecified atom stereocenters. The van der Waals surface area contributed by atoms with Crippen molar-refractivity contribution in [2.45, 2.75) is 45.7 Å². The predicted molar refractivity (Wildman–Crippen MR) is 78.0 cm³/mol. The van der Waals surface area contributed by atoms with E-state index in [-0.39, 0.29) is 11.9 Å². The molecule has 1 aromatic carbocycles. The average Bonchev–Trinajstić information content (AvgIpc) is 2.42. The maximum atomic E-state index is 12.2. The van der Waals surface area contributed by atoms with Crippen molar-refractivity contribution < 1.29 is 4.79 Å². The molecule has 0 saturated carbocycles. The fraction of sp³-hybridized carbons (Fsp3) is 0.562. The van der Waals surface area contributed by atoms with Crippen molar-refractivity contribution in [3.05, 3.63) is 35.4 Å². The summed E-state index contributed by atoms with van der Waals surface area (Å²) in [7, 11) is 0. The lowest BCUT2D eigenvalue weighted by Gasteiger charge is -2.32. The fourth-order valence-corrected chi connectivity index (χ4v) is 2.50. The Kier molecular flexibility index (Phi) is 4.59. The normalized spacial score (nSPS) is 20.1. The molecule has 0 aliphatic carbocycles. The quantitative estimate of drug-likeness (QED) is 0.902. The molecule has 1 fully saturated rings. The van der Waals surface area contributed by atoms with Gasteiger partial charge in [0.25, 0.3) is 0 Å². The third-order valence-corrected chi connectivity index (χ3v) is 3.81. The Labute approximate surface area is 116 Å². The molecule has 1 amide bonds. The molecule has 1 heterocycles. The van der Waals surface area contributed by atoms with Crippen LogP contribution >= 0.6 is 0 Å². The average molecular weight is 260 g/mol. The van der Waals surface area contributed by atoms with Crippen LogP contribution in [0.3, 0.4) is 0 Å². The van der Waals surface area contributed by atoms with Crippen molar-refractivity contribution in [1.82, 2.24) is 10.2 Å². The van der Waals surface area contributed by atoms with Gasteiger partial charge in [-0.1, -0.05) is 45.0 Å².